The maximum Gasteiger partial charge on any atom is 1.00 e. The number of hydrogen-bond donors (Lipinski definition) is 0. The average Bonchev–Trinajstić information content (AvgIpc) is 2.69. The van der Waals surface area contributed by atoms with Crippen molar-refractivity contribution >= 4 is 17.1 Å². The molecule has 0 fully saturated rings. The van der Waals surface area contributed by atoms with Crippen LogP contribution in [-0.4, -0.2) is 14.8 Å². The van der Waals surface area contributed by atoms with Gasteiger partial charge in [0.15, 0.2) is 0 Å². The van der Waals surface area contributed by atoms with E-state index in [1.54, 1.807) is 36.4 Å². The molecule has 0 radical (unpaired) electrons. The molecule has 0 aliphatic carbocycles. The molecule has 0 amide bonds. The van der Waals surface area contributed by atoms with Crippen molar-refractivity contribution in [2.45, 2.75) is 0 Å². The maximum atomic E-state index is 10.9. The van der Waals surface area contributed by atoms with E-state index in [2.05, 4.69) is 0 Å². The van der Waals surface area contributed by atoms with Gasteiger partial charge in [0, 0.05) is 0 Å². The van der Waals surface area contributed by atoms with Gasteiger partial charge < -0.3 is 0 Å². The molecule has 29 heavy (non-hydrogen) atoms. The van der Waals surface area contributed by atoms with Gasteiger partial charge >= 0.3 is 29.6 Å². The van der Waals surface area contributed by atoms with E-state index in [1.807, 2.05) is 0 Å². The Balaban J connectivity index is 0.00000300. The molecule has 10 heteroatoms. The van der Waals surface area contributed by atoms with E-state index in [0.29, 0.717) is 22.6 Å². The van der Waals surface area contributed by atoms with Gasteiger partial charge in [-0.05, 0) is 36.4 Å². The van der Waals surface area contributed by atoms with E-state index < -0.39 is 14.8 Å². The number of nitro benzene ring substituents is 3. The van der Waals surface area contributed by atoms with Gasteiger partial charge in [-0.2, -0.15) is 0 Å². The van der Waals surface area contributed by atoms with Crippen LogP contribution < -0.4 is 29.6 Å². The Hall–Kier alpha value is -3.27. The van der Waals surface area contributed by atoms with Crippen molar-refractivity contribution in [3.05, 3.63) is 126 Å². The maximum absolute atomic E-state index is 10.9. The van der Waals surface area contributed by atoms with Crippen LogP contribution >= 0.6 is 0 Å². The molecule has 0 atom stereocenters. The van der Waals surface area contributed by atoms with E-state index in [-0.39, 0.29) is 46.6 Å². The normalized spacial score (nSPS) is 9.93. The van der Waals surface area contributed by atoms with E-state index >= 15 is 0 Å². The van der Waals surface area contributed by atoms with Crippen LogP contribution in [0.2, 0.25) is 0 Å². The second-order valence-corrected chi connectivity index (χ2v) is 5.79. The topological polar surface area (TPSA) is 129 Å². The molecule has 140 valence electrons. The first-order valence-corrected chi connectivity index (χ1v) is 7.98. The summed E-state index contributed by atoms with van der Waals surface area (Å²) < 4.78 is 0. The third-order valence-electron chi connectivity index (χ3n) is 4.10. The molecule has 3 aromatic rings. The molecule has 0 heterocycles. The first kappa shape index (κ1) is 22.0. The van der Waals surface area contributed by atoms with Crippen molar-refractivity contribution in [3.63, 3.8) is 0 Å². The fourth-order valence-corrected chi connectivity index (χ4v) is 2.75. The van der Waals surface area contributed by atoms with Gasteiger partial charge in [0.2, 0.25) is 0 Å². The van der Waals surface area contributed by atoms with Crippen LogP contribution in [0.5, 0.6) is 0 Å². The minimum Gasteiger partial charge on any atom is -0.258 e. The third-order valence-corrected chi connectivity index (χ3v) is 4.10. The van der Waals surface area contributed by atoms with Gasteiger partial charge in [0.1, 0.15) is 0 Å². The Bertz CT molecular complexity index is 900. The Morgan fingerprint density at radius 2 is 0.690 bits per heavy atom. The van der Waals surface area contributed by atoms with Gasteiger partial charge in [0.25, 0.3) is 17.1 Å². The van der Waals surface area contributed by atoms with Crippen LogP contribution in [0.3, 0.4) is 0 Å². The van der Waals surface area contributed by atoms with Crippen LogP contribution in [0.15, 0.2) is 72.8 Å². The van der Waals surface area contributed by atoms with Crippen LogP contribution in [0.1, 0.15) is 16.7 Å². The van der Waals surface area contributed by atoms with Crippen molar-refractivity contribution in [3.8, 4) is 0 Å². The third kappa shape index (κ3) is 4.96. The molecular weight excluding hydrogens is 389 g/mol. The molecule has 0 aliphatic heterocycles. The van der Waals surface area contributed by atoms with Gasteiger partial charge in [-0.1, -0.05) is 59.0 Å². The first-order valence-electron chi connectivity index (χ1n) is 7.98. The summed E-state index contributed by atoms with van der Waals surface area (Å²) in [4.78, 5) is 31.1. The monoisotopic (exact) mass is 401 g/mol. The molecule has 3 rings (SSSR count). The number of benzene rings is 3. The summed E-state index contributed by atoms with van der Waals surface area (Å²) in [6.07, 6.45) is 0. The molecule has 0 saturated heterocycles. The Morgan fingerprint density at radius 3 is 0.862 bits per heavy atom. The zero-order valence-electron chi connectivity index (χ0n) is 15.2. The quantitative estimate of drug-likeness (QED) is 0.202. The molecule has 0 aliphatic rings. The Kier molecular flexibility index (Phi) is 7.05. The van der Waals surface area contributed by atoms with Gasteiger partial charge in [-0.25, -0.2) is 0 Å². The molecule has 3 aromatic carbocycles. The molecular formula is C19H12N3NaO6. The predicted molar refractivity (Wildman–Crippen MR) is 99.8 cm³/mol. The molecule has 0 N–H and O–H groups in total. The van der Waals surface area contributed by atoms with Crippen molar-refractivity contribution in [1.82, 2.24) is 0 Å². The summed E-state index contributed by atoms with van der Waals surface area (Å²) in [5.74, 6) is 0.639. The summed E-state index contributed by atoms with van der Waals surface area (Å²) in [6.45, 7) is 0. The van der Waals surface area contributed by atoms with E-state index in [4.69, 9.17) is 0 Å². The van der Waals surface area contributed by atoms with E-state index in [0.717, 1.165) is 0 Å². The molecule has 0 bridgehead atoms. The molecule has 0 aromatic heterocycles. The van der Waals surface area contributed by atoms with Crippen molar-refractivity contribution in [2.24, 2.45) is 0 Å². The van der Waals surface area contributed by atoms with Crippen molar-refractivity contribution in [1.29, 1.82) is 0 Å². The van der Waals surface area contributed by atoms with E-state index in [1.165, 1.54) is 36.4 Å². The van der Waals surface area contributed by atoms with Crippen LogP contribution in [0.4, 0.5) is 17.1 Å². The minimum atomic E-state index is -0.513. The number of nitrogens with zero attached hydrogens (tertiary/aromatic N) is 3. The van der Waals surface area contributed by atoms with Crippen LogP contribution in [0, 0.1) is 36.3 Å². The standard InChI is InChI=1S/C19H12N3O6.Na/c23-20(24)16-7-1-13(2-8-16)19(14-3-9-17(10-4-14)21(25)26)15-5-11-18(12-6-15)22(27)28;/h1-12H;/q-1;+1. The van der Waals surface area contributed by atoms with Crippen molar-refractivity contribution < 1.29 is 44.3 Å². The SMILES string of the molecule is O=[N+]([O-])c1ccc([C-](c2ccc([N+](=O)[O-])cc2)c2ccc([N+](=O)[O-])cc2)cc1.[Na+]. The first-order chi connectivity index (χ1) is 13.4. The summed E-state index contributed by atoms with van der Waals surface area (Å²) in [7, 11) is 0. The van der Waals surface area contributed by atoms with Crippen molar-refractivity contribution in [2.75, 3.05) is 0 Å². The Labute approximate surface area is 186 Å². The van der Waals surface area contributed by atoms with Gasteiger partial charge in [-0.15, -0.1) is 0 Å². The summed E-state index contributed by atoms with van der Waals surface area (Å²) in [6, 6.07) is 17.5. The summed E-state index contributed by atoms with van der Waals surface area (Å²) in [5, 5.41) is 32.7. The van der Waals surface area contributed by atoms with E-state index in [9.17, 15) is 30.3 Å². The molecule has 0 spiro atoms. The Morgan fingerprint density at radius 1 is 0.483 bits per heavy atom. The molecule has 9 nitrogen and oxygen atoms in total. The number of hydrogen-bond acceptors (Lipinski definition) is 6. The zero-order valence-corrected chi connectivity index (χ0v) is 17.2. The minimum absolute atomic E-state index is 0. The van der Waals surface area contributed by atoms with Gasteiger partial charge in [-0.3, -0.25) is 30.3 Å². The zero-order chi connectivity index (χ0) is 20.3. The largest absolute Gasteiger partial charge is 1.00 e. The number of non-ortho nitro benzene ring substituents is 3. The number of rotatable bonds is 6. The summed E-state index contributed by atoms with van der Waals surface area (Å²) >= 11 is 0. The predicted octanol–water partition coefficient (Wildman–Crippen LogP) is 1.43. The second kappa shape index (κ2) is 9.28. The second-order valence-electron chi connectivity index (χ2n) is 5.79. The van der Waals surface area contributed by atoms with Crippen LogP contribution in [0.25, 0.3) is 0 Å². The average molecular weight is 401 g/mol. The van der Waals surface area contributed by atoms with Gasteiger partial charge in [0.05, 0.1) is 14.8 Å². The fraction of sp³-hybridized carbons (Fsp3) is 0. The molecule has 0 unspecified atom stereocenters. The number of nitro groups is 3. The fourth-order valence-electron chi connectivity index (χ4n) is 2.75. The summed E-state index contributed by atoms with van der Waals surface area (Å²) in [5.41, 5.74) is 1.68. The van der Waals surface area contributed by atoms with Crippen LogP contribution in [-0.2, 0) is 0 Å². The smallest absolute Gasteiger partial charge is 0.258 e. The molecule has 0 saturated carbocycles.